The van der Waals surface area contributed by atoms with Crippen molar-refractivity contribution in [1.29, 1.82) is 0 Å². The number of carbonyl (C=O) groups is 2. The molecule has 1 aliphatic heterocycles. The van der Waals surface area contributed by atoms with E-state index < -0.39 is 46.0 Å². The Morgan fingerprint density at radius 1 is 1.11 bits per heavy atom. The van der Waals surface area contributed by atoms with Crippen molar-refractivity contribution in [3.8, 4) is 5.69 Å². The fourth-order valence-electron chi connectivity index (χ4n) is 5.46. The van der Waals surface area contributed by atoms with Crippen LogP contribution in [0.25, 0.3) is 5.69 Å². The molecule has 2 aliphatic rings. The number of aromatic nitrogens is 2. The van der Waals surface area contributed by atoms with Crippen LogP contribution in [-0.4, -0.2) is 33.2 Å². The molecule has 0 radical (unpaired) electrons. The summed E-state index contributed by atoms with van der Waals surface area (Å²) < 4.78 is 42.4. The van der Waals surface area contributed by atoms with Crippen LogP contribution in [0.1, 0.15) is 58.9 Å². The van der Waals surface area contributed by atoms with Crippen molar-refractivity contribution < 1.29 is 27.9 Å². The number of hydrogen-bond donors (Lipinski definition) is 1. The summed E-state index contributed by atoms with van der Waals surface area (Å²) in [4.78, 5) is 53.0. The molecule has 1 aliphatic carbocycles. The molecule has 0 spiro atoms. The molecule has 0 saturated carbocycles. The maximum atomic E-state index is 13.7. The van der Waals surface area contributed by atoms with Crippen LogP contribution in [0.2, 0.25) is 0 Å². The quantitative estimate of drug-likeness (QED) is 0.578. The first-order valence-corrected chi connectivity index (χ1v) is 11.5. The first kappa shape index (κ1) is 24.5. The highest BCUT2D eigenvalue weighted by atomic mass is 19.4. The summed E-state index contributed by atoms with van der Waals surface area (Å²) in [5.41, 5.74) is -2.84. The van der Waals surface area contributed by atoms with Gasteiger partial charge in [-0.1, -0.05) is 12.1 Å². The van der Waals surface area contributed by atoms with Gasteiger partial charge in [-0.2, -0.15) is 13.2 Å². The van der Waals surface area contributed by atoms with E-state index in [4.69, 9.17) is 0 Å². The predicted octanol–water partition coefficient (Wildman–Crippen LogP) is 3.51. The number of fused-ring (bicyclic) bond motifs is 2. The van der Waals surface area contributed by atoms with Gasteiger partial charge in [0.25, 0.3) is 5.56 Å². The van der Waals surface area contributed by atoms with Crippen LogP contribution in [0.15, 0.2) is 52.2 Å². The molecule has 1 N–H and O–H groups in total. The average Bonchev–Trinajstić information content (AvgIpc) is 3.32. The van der Waals surface area contributed by atoms with Crippen LogP contribution in [0.4, 0.5) is 18.9 Å². The summed E-state index contributed by atoms with van der Waals surface area (Å²) in [5, 5.41) is 9.72. The molecule has 0 unspecified atom stereocenters. The Bertz CT molecular complexity index is 1620. The molecular formula is C26H22F3N3O5. The molecule has 0 saturated heterocycles. The summed E-state index contributed by atoms with van der Waals surface area (Å²) in [7, 11) is 1.62. The highest BCUT2D eigenvalue weighted by molar-refractivity contribution is 6.07. The number of rotatable bonds is 3. The number of halogens is 3. The fraction of sp³-hybridized carbons (Fsp3) is 0.308. The molecule has 0 fully saturated rings. The zero-order chi connectivity index (χ0) is 27.0. The van der Waals surface area contributed by atoms with Crippen molar-refractivity contribution in [2.75, 3.05) is 11.9 Å². The van der Waals surface area contributed by atoms with E-state index in [0.717, 1.165) is 21.4 Å². The first-order valence-electron chi connectivity index (χ1n) is 11.5. The van der Waals surface area contributed by atoms with Crippen molar-refractivity contribution in [1.82, 2.24) is 9.13 Å². The first-order chi connectivity index (χ1) is 17.2. The van der Waals surface area contributed by atoms with Crippen molar-refractivity contribution in [2.24, 2.45) is 0 Å². The lowest BCUT2D eigenvalue weighted by Crippen LogP contribution is -2.43. The Labute approximate surface area is 208 Å². The number of nitrogens with zero attached hydrogens (tertiary/aromatic N) is 3. The third kappa shape index (κ3) is 3.52. The van der Waals surface area contributed by atoms with E-state index in [0.29, 0.717) is 11.3 Å². The minimum atomic E-state index is -4.61. The van der Waals surface area contributed by atoms with Gasteiger partial charge in [0.1, 0.15) is 5.56 Å². The fourth-order valence-corrected chi connectivity index (χ4v) is 5.46. The minimum Gasteiger partial charge on any atom is -0.477 e. The number of carboxylic acids is 1. The van der Waals surface area contributed by atoms with E-state index in [1.165, 1.54) is 23.1 Å². The molecule has 1 atom stereocenters. The summed E-state index contributed by atoms with van der Waals surface area (Å²) in [6.45, 7) is 3.45. The van der Waals surface area contributed by atoms with E-state index in [2.05, 4.69) is 0 Å². The summed E-state index contributed by atoms with van der Waals surface area (Å²) in [5.74, 6) is -1.74. The van der Waals surface area contributed by atoms with Crippen LogP contribution in [0.3, 0.4) is 0 Å². The molecular weight excluding hydrogens is 491 g/mol. The molecule has 2 heterocycles. The maximum Gasteiger partial charge on any atom is 0.416 e. The van der Waals surface area contributed by atoms with Crippen molar-refractivity contribution in [2.45, 2.75) is 44.3 Å². The average molecular weight is 513 g/mol. The van der Waals surface area contributed by atoms with Crippen LogP contribution >= 0.6 is 0 Å². The number of alkyl halides is 3. The predicted molar refractivity (Wildman–Crippen MR) is 128 cm³/mol. The van der Waals surface area contributed by atoms with E-state index in [1.807, 2.05) is 0 Å². The summed E-state index contributed by atoms with van der Waals surface area (Å²) >= 11 is 0. The van der Waals surface area contributed by atoms with Crippen molar-refractivity contribution >= 4 is 17.6 Å². The normalized spacial score (nSPS) is 18.2. The largest absolute Gasteiger partial charge is 0.477 e. The molecule has 192 valence electrons. The van der Waals surface area contributed by atoms with Crippen LogP contribution in [0.5, 0.6) is 0 Å². The Morgan fingerprint density at radius 2 is 1.81 bits per heavy atom. The lowest BCUT2D eigenvalue weighted by molar-refractivity contribution is -0.138. The number of carboxylic acid groups (broad SMARTS) is 1. The van der Waals surface area contributed by atoms with Crippen molar-refractivity contribution in [3.05, 3.63) is 91.3 Å². The second-order valence-electron chi connectivity index (χ2n) is 9.79. The van der Waals surface area contributed by atoms with Gasteiger partial charge < -0.3 is 10.0 Å². The number of benzene rings is 2. The molecule has 3 aromatic rings. The molecule has 0 bridgehead atoms. The monoisotopic (exact) mass is 513 g/mol. The lowest BCUT2D eigenvalue weighted by Gasteiger charge is -2.20. The number of anilines is 1. The van der Waals surface area contributed by atoms with Gasteiger partial charge in [0, 0.05) is 18.9 Å². The molecule has 37 heavy (non-hydrogen) atoms. The lowest BCUT2D eigenvalue weighted by atomic mass is 9.86. The molecule has 1 amide bonds. The SMILES string of the molecule is CN1C(=O)C(C)(C)c2cc(-n3cc(C(=O)O)c(=O)n([C@@H]4CCc5c4cccc5C(F)(F)F)c3=O)ccc21. The molecule has 2 aromatic carbocycles. The second-order valence-corrected chi connectivity index (χ2v) is 9.79. The van der Waals surface area contributed by atoms with Crippen LogP contribution < -0.4 is 16.1 Å². The number of amides is 1. The maximum absolute atomic E-state index is 13.7. The van der Waals surface area contributed by atoms with Gasteiger partial charge in [-0.25, -0.2) is 9.59 Å². The van der Waals surface area contributed by atoms with E-state index in [-0.39, 0.29) is 35.6 Å². The Morgan fingerprint density at radius 3 is 2.46 bits per heavy atom. The second kappa shape index (κ2) is 7.92. The van der Waals surface area contributed by atoms with Crippen LogP contribution in [0, 0.1) is 0 Å². The zero-order valence-electron chi connectivity index (χ0n) is 20.1. The van der Waals surface area contributed by atoms with Gasteiger partial charge >= 0.3 is 17.8 Å². The van der Waals surface area contributed by atoms with Crippen LogP contribution in [-0.2, 0) is 22.8 Å². The third-order valence-corrected chi connectivity index (χ3v) is 7.34. The molecule has 11 heteroatoms. The highest BCUT2D eigenvalue weighted by Gasteiger charge is 2.43. The molecule has 1 aromatic heterocycles. The summed E-state index contributed by atoms with van der Waals surface area (Å²) in [6.07, 6.45) is -3.70. The number of hydrogen-bond acceptors (Lipinski definition) is 4. The zero-order valence-corrected chi connectivity index (χ0v) is 20.1. The van der Waals surface area contributed by atoms with Gasteiger partial charge in [-0.3, -0.25) is 18.7 Å². The van der Waals surface area contributed by atoms with Gasteiger partial charge in [-0.15, -0.1) is 0 Å². The topological polar surface area (TPSA) is 102 Å². The summed E-state index contributed by atoms with van der Waals surface area (Å²) in [6, 6.07) is 7.24. The third-order valence-electron chi connectivity index (χ3n) is 7.34. The van der Waals surface area contributed by atoms with Gasteiger partial charge in [0.05, 0.1) is 22.7 Å². The number of aromatic carboxylic acids is 1. The molecule has 5 rings (SSSR count). The van der Waals surface area contributed by atoms with Crippen molar-refractivity contribution in [3.63, 3.8) is 0 Å². The van der Waals surface area contributed by atoms with Gasteiger partial charge in [0.15, 0.2) is 0 Å². The standard InChI is InChI=1S/C26H22F3N3O5/c1-25(2)18-11-13(7-9-20(18)30(3)23(25)36)31-12-16(22(34)35)21(33)32(24(31)37)19-10-8-14-15(19)5-4-6-17(14)26(27,28)29/h4-7,9,11-12,19H,8,10H2,1-3H3,(H,34,35)/t19-/m1/s1. The van der Waals surface area contributed by atoms with E-state index >= 15 is 0 Å². The number of likely N-dealkylation sites (N-methyl/N-ethyl adjacent to an activating group) is 1. The van der Waals surface area contributed by atoms with Gasteiger partial charge in [-0.05, 0) is 67.6 Å². The Balaban J connectivity index is 1.74. The highest BCUT2D eigenvalue weighted by Crippen LogP contribution is 2.42. The van der Waals surface area contributed by atoms with Gasteiger partial charge in [0.2, 0.25) is 5.91 Å². The smallest absolute Gasteiger partial charge is 0.416 e. The Kier molecular flexibility index (Phi) is 5.26. The Hall–Kier alpha value is -4.15. The minimum absolute atomic E-state index is 0.0144. The number of carbonyl (C=O) groups excluding carboxylic acids is 1. The molecule has 8 nitrogen and oxygen atoms in total. The van der Waals surface area contributed by atoms with E-state index in [9.17, 15) is 37.5 Å². The van der Waals surface area contributed by atoms with E-state index in [1.54, 1.807) is 33.0 Å².